The number of hydrogen-bond donors (Lipinski definition) is 1. The van der Waals surface area contributed by atoms with E-state index in [4.69, 9.17) is 9.47 Å². The molecule has 0 spiro atoms. The largest absolute Gasteiger partial charge is 0.486 e. The van der Waals surface area contributed by atoms with Gasteiger partial charge in [-0.25, -0.2) is 4.39 Å². The van der Waals surface area contributed by atoms with E-state index < -0.39 is 0 Å². The van der Waals surface area contributed by atoms with Crippen LogP contribution in [0.15, 0.2) is 36.4 Å². The number of nitrogens with one attached hydrogen (secondary N) is 1. The molecule has 0 fully saturated rings. The number of fused-ring (bicyclic) bond motifs is 1. The lowest BCUT2D eigenvalue weighted by Crippen LogP contribution is -2.30. The van der Waals surface area contributed by atoms with Crippen LogP contribution in [-0.2, 0) is 11.3 Å². The number of ether oxygens (including phenoxy) is 2. The van der Waals surface area contributed by atoms with E-state index in [2.05, 4.69) is 5.32 Å². The van der Waals surface area contributed by atoms with E-state index in [0.29, 0.717) is 31.0 Å². The summed E-state index contributed by atoms with van der Waals surface area (Å²) in [6.07, 6.45) is 0. The first-order valence-corrected chi connectivity index (χ1v) is 8.14. The standard InChI is InChI=1S/C19H21FN2O3/c1-13-3-5-15(10-16(13)20)21-19(23)12-22(2)11-14-4-6-17-18(9-14)25-8-7-24-17/h3-6,9-10H,7-8,11-12H2,1-2H3,(H,21,23). The minimum absolute atomic E-state index is 0.191. The Morgan fingerprint density at radius 3 is 2.68 bits per heavy atom. The molecule has 1 N–H and O–H groups in total. The fourth-order valence-electron chi connectivity index (χ4n) is 2.67. The van der Waals surface area contributed by atoms with Crippen LogP contribution in [0.2, 0.25) is 0 Å². The molecule has 0 saturated heterocycles. The van der Waals surface area contributed by atoms with E-state index >= 15 is 0 Å². The van der Waals surface area contributed by atoms with E-state index in [0.717, 1.165) is 17.1 Å². The zero-order valence-corrected chi connectivity index (χ0v) is 14.3. The normalized spacial score (nSPS) is 13.0. The lowest BCUT2D eigenvalue weighted by molar-refractivity contribution is -0.117. The summed E-state index contributed by atoms with van der Waals surface area (Å²) in [4.78, 5) is 14.0. The highest BCUT2D eigenvalue weighted by Gasteiger charge is 2.13. The molecule has 1 aliphatic rings. The maximum absolute atomic E-state index is 13.5. The summed E-state index contributed by atoms with van der Waals surface area (Å²) in [7, 11) is 1.85. The molecule has 5 nitrogen and oxygen atoms in total. The molecule has 6 heteroatoms. The van der Waals surface area contributed by atoms with Crippen molar-refractivity contribution in [2.75, 3.05) is 32.1 Å². The van der Waals surface area contributed by atoms with E-state index in [1.807, 2.05) is 30.1 Å². The first-order valence-electron chi connectivity index (χ1n) is 8.14. The van der Waals surface area contributed by atoms with Gasteiger partial charge in [-0.05, 0) is 49.4 Å². The predicted molar refractivity (Wildman–Crippen MR) is 93.5 cm³/mol. The monoisotopic (exact) mass is 344 g/mol. The molecule has 0 saturated carbocycles. The summed E-state index contributed by atoms with van der Waals surface area (Å²) in [5.41, 5.74) is 2.04. The number of anilines is 1. The van der Waals surface area contributed by atoms with Crippen LogP contribution in [0, 0.1) is 12.7 Å². The molecule has 1 aliphatic heterocycles. The van der Waals surface area contributed by atoms with Crippen LogP contribution < -0.4 is 14.8 Å². The fourth-order valence-corrected chi connectivity index (χ4v) is 2.67. The molecule has 25 heavy (non-hydrogen) atoms. The first-order chi connectivity index (χ1) is 12.0. The van der Waals surface area contributed by atoms with E-state index in [-0.39, 0.29) is 18.3 Å². The molecular formula is C19H21FN2O3. The summed E-state index contributed by atoms with van der Waals surface area (Å²) in [6, 6.07) is 10.4. The van der Waals surface area contributed by atoms with Crippen LogP contribution in [0.25, 0.3) is 0 Å². The van der Waals surface area contributed by atoms with Gasteiger partial charge in [0.2, 0.25) is 5.91 Å². The molecule has 132 valence electrons. The van der Waals surface area contributed by atoms with Gasteiger partial charge in [0.25, 0.3) is 0 Å². The SMILES string of the molecule is Cc1ccc(NC(=O)CN(C)Cc2ccc3c(c2)OCCO3)cc1F. The number of nitrogens with zero attached hydrogens (tertiary/aromatic N) is 1. The molecule has 0 radical (unpaired) electrons. The van der Waals surface area contributed by atoms with Crippen LogP contribution in [0.5, 0.6) is 11.5 Å². The van der Waals surface area contributed by atoms with Crippen molar-refractivity contribution in [3.63, 3.8) is 0 Å². The third-order valence-corrected chi connectivity index (χ3v) is 3.93. The number of likely N-dealkylation sites (N-methyl/N-ethyl adjacent to an activating group) is 1. The van der Waals surface area contributed by atoms with Crippen LogP contribution >= 0.6 is 0 Å². The van der Waals surface area contributed by atoms with Crippen LogP contribution in [-0.4, -0.2) is 37.6 Å². The molecular weight excluding hydrogens is 323 g/mol. The number of amides is 1. The van der Waals surface area contributed by atoms with E-state index in [1.54, 1.807) is 19.1 Å². The van der Waals surface area contributed by atoms with E-state index in [9.17, 15) is 9.18 Å². The lowest BCUT2D eigenvalue weighted by atomic mass is 10.2. The Balaban J connectivity index is 1.55. The quantitative estimate of drug-likeness (QED) is 0.906. The molecule has 1 heterocycles. The van der Waals surface area contributed by atoms with Gasteiger partial charge < -0.3 is 14.8 Å². The van der Waals surface area contributed by atoms with Gasteiger partial charge in [0, 0.05) is 12.2 Å². The maximum Gasteiger partial charge on any atom is 0.238 e. The second-order valence-corrected chi connectivity index (χ2v) is 6.16. The van der Waals surface area contributed by atoms with E-state index in [1.165, 1.54) is 6.07 Å². The van der Waals surface area contributed by atoms with Gasteiger partial charge in [0.1, 0.15) is 19.0 Å². The second kappa shape index (κ2) is 7.53. The Morgan fingerprint density at radius 2 is 1.92 bits per heavy atom. The zero-order valence-electron chi connectivity index (χ0n) is 14.3. The Hall–Kier alpha value is -2.60. The van der Waals surface area contributed by atoms with Gasteiger partial charge >= 0.3 is 0 Å². The number of carbonyl (C=O) groups excluding carboxylic acids is 1. The topological polar surface area (TPSA) is 50.8 Å². The molecule has 0 aliphatic carbocycles. The van der Waals surface area contributed by atoms with Crippen LogP contribution in [0.4, 0.5) is 10.1 Å². The summed E-state index contributed by atoms with van der Waals surface area (Å²) in [5, 5.41) is 2.71. The molecule has 0 atom stereocenters. The molecule has 1 amide bonds. The van der Waals surface area contributed by atoms with Crippen molar-refractivity contribution in [1.82, 2.24) is 4.90 Å². The van der Waals surface area contributed by atoms with Gasteiger partial charge in [0.05, 0.1) is 6.54 Å². The average Bonchev–Trinajstić information content (AvgIpc) is 2.58. The van der Waals surface area contributed by atoms with Crippen molar-refractivity contribution in [2.45, 2.75) is 13.5 Å². The molecule has 2 aromatic carbocycles. The molecule has 3 rings (SSSR count). The first kappa shape index (κ1) is 17.2. The van der Waals surface area contributed by atoms with Crippen molar-refractivity contribution >= 4 is 11.6 Å². The third kappa shape index (κ3) is 4.48. The Labute approximate surface area is 146 Å². The maximum atomic E-state index is 13.5. The van der Waals surface area contributed by atoms with Crippen molar-refractivity contribution in [1.29, 1.82) is 0 Å². The number of benzene rings is 2. The van der Waals surface area contributed by atoms with Crippen molar-refractivity contribution in [3.8, 4) is 11.5 Å². The fraction of sp³-hybridized carbons (Fsp3) is 0.316. The highest BCUT2D eigenvalue weighted by Crippen LogP contribution is 2.31. The number of rotatable bonds is 5. The number of carbonyl (C=O) groups is 1. The molecule has 0 bridgehead atoms. The van der Waals surface area contributed by atoms with Crippen LogP contribution in [0.3, 0.4) is 0 Å². The minimum Gasteiger partial charge on any atom is -0.486 e. The second-order valence-electron chi connectivity index (χ2n) is 6.16. The number of halogens is 1. The van der Waals surface area contributed by atoms with Gasteiger partial charge in [0.15, 0.2) is 11.5 Å². The van der Waals surface area contributed by atoms with Gasteiger partial charge in [-0.3, -0.25) is 9.69 Å². The highest BCUT2D eigenvalue weighted by atomic mass is 19.1. The summed E-state index contributed by atoms with van der Waals surface area (Å²) < 4.78 is 24.6. The Kier molecular flexibility index (Phi) is 5.19. The van der Waals surface area contributed by atoms with Crippen molar-refractivity contribution < 1.29 is 18.7 Å². The van der Waals surface area contributed by atoms with Crippen LogP contribution in [0.1, 0.15) is 11.1 Å². The minimum atomic E-state index is -0.331. The third-order valence-electron chi connectivity index (χ3n) is 3.93. The zero-order chi connectivity index (χ0) is 17.8. The highest BCUT2D eigenvalue weighted by molar-refractivity contribution is 5.92. The predicted octanol–water partition coefficient (Wildman–Crippen LogP) is 2.98. The molecule has 0 unspecified atom stereocenters. The van der Waals surface area contributed by atoms with Gasteiger partial charge in [-0.2, -0.15) is 0 Å². The van der Waals surface area contributed by atoms with Crippen molar-refractivity contribution in [3.05, 3.63) is 53.3 Å². The lowest BCUT2D eigenvalue weighted by Gasteiger charge is -2.21. The number of aryl methyl sites for hydroxylation is 1. The van der Waals surface area contributed by atoms with Crippen molar-refractivity contribution in [2.24, 2.45) is 0 Å². The summed E-state index contributed by atoms with van der Waals surface area (Å²) in [5.74, 6) is 0.958. The average molecular weight is 344 g/mol. The Morgan fingerprint density at radius 1 is 1.16 bits per heavy atom. The molecule has 0 aromatic heterocycles. The Bertz CT molecular complexity index is 779. The smallest absolute Gasteiger partial charge is 0.238 e. The summed E-state index contributed by atoms with van der Waals surface area (Å²) in [6.45, 7) is 3.58. The summed E-state index contributed by atoms with van der Waals surface area (Å²) >= 11 is 0. The molecule has 2 aromatic rings. The number of hydrogen-bond acceptors (Lipinski definition) is 4. The van der Waals surface area contributed by atoms with Gasteiger partial charge in [-0.1, -0.05) is 12.1 Å². The van der Waals surface area contributed by atoms with Gasteiger partial charge in [-0.15, -0.1) is 0 Å².